The zero-order chi connectivity index (χ0) is 9.97. The van der Waals surface area contributed by atoms with Crippen LogP contribution in [0.4, 0.5) is 5.69 Å². The first kappa shape index (κ1) is 9.71. The highest BCUT2D eigenvalue weighted by atomic mass is 79.9. The summed E-state index contributed by atoms with van der Waals surface area (Å²) in [6.07, 6.45) is 3.26. The maximum atomic E-state index is 7.85. The molecule has 1 N–H and O–H groups in total. The van der Waals surface area contributed by atoms with Gasteiger partial charge in [-0.05, 0) is 37.1 Å². The lowest BCUT2D eigenvalue weighted by molar-refractivity contribution is 0.707. The van der Waals surface area contributed by atoms with Gasteiger partial charge in [0.25, 0.3) is 0 Å². The first-order valence-corrected chi connectivity index (χ1v) is 5.67. The zero-order valence-electron chi connectivity index (χ0n) is 7.96. The van der Waals surface area contributed by atoms with Gasteiger partial charge in [-0.1, -0.05) is 15.9 Å². The van der Waals surface area contributed by atoms with Gasteiger partial charge in [0.15, 0.2) is 0 Å². The monoisotopic (exact) mass is 252 g/mol. The van der Waals surface area contributed by atoms with Crippen molar-refractivity contribution >= 4 is 27.5 Å². The molecule has 0 saturated carbocycles. The van der Waals surface area contributed by atoms with Crippen molar-refractivity contribution in [1.82, 2.24) is 0 Å². The van der Waals surface area contributed by atoms with Crippen molar-refractivity contribution in [3.05, 3.63) is 28.7 Å². The number of halogens is 1. The van der Waals surface area contributed by atoms with Crippen LogP contribution in [0.3, 0.4) is 0 Å². The molecule has 1 saturated heterocycles. The second-order valence-electron chi connectivity index (χ2n) is 3.53. The highest BCUT2D eigenvalue weighted by Crippen LogP contribution is 2.22. The third-order valence-corrected chi connectivity index (χ3v) is 3.04. The highest BCUT2D eigenvalue weighted by molar-refractivity contribution is 9.10. The molecule has 0 aliphatic carbocycles. The van der Waals surface area contributed by atoms with Crippen molar-refractivity contribution in [2.75, 3.05) is 11.4 Å². The number of nitrogens with one attached hydrogen (secondary N) is 1. The third kappa shape index (κ3) is 1.98. The van der Waals surface area contributed by atoms with Crippen LogP contribution in [0.25, 0.3) is 0 Å². The molecule has 1 heterocycles. The Kier molecular flexibility index (Phi) is 2.87. The predicted molar refractivity (Wildman–Crippen MR) is 63.1 cm³/mol. The van der Waals surface area contributed by atoms with Gasteiger partial charge in [0.05, 0.1) is 0 Å². The highest BCUT2D eigenvalue weighted by Gasteiger charge is 2.15. The summed E-state index contributed by atoms with van der Waals surface area (Å²) in [4.78, 5) is 2.09. The Labute approximate surface area is 92.6 Å². The van der Waals surface area contributed by atoms with Crippen molar-refractivity contribution in [2.24, 2.45) is 0 Å². The first-order chi connectivity index (χ1) is 6.77. The summed E-state index contributed by atoms with van der Waals surface area (Å²) in [5.74, 6) is 0.749. The Balaban J connectivity index is 2.20. The zero-order valence-corrected chi connectivity index (χ0v) is 9.55. The molecule has 0 amide bonds. The van der Waals surface area contributed by atoms with Gasteiger partial charge in [0.1, 0.15) is 5.84 Å². The molecule has 0 unspecified atom stereocenters. The average molecular weight is 253 g/mol. The molecule has 1 aromatic carbocycles. The predicted octanol–water partition coefficient (Wildman–Crippen LogP) is 3.42. The van der Waals surface area contributed by atoms with Gasteiger partial charge < -0.3 is 4.90 Å². The van der Waals surface area contributed by atoms with E-state index < -0.39 is 0 Å². The van der Waals surface area contributed by atoms with Crippen LogP contribution in [0.5, 0.6) is 0 Å². The molecule has 0 aromatic heterocycles. The molecule has 2 rings (SSSR count). The minimum Gasteiger partial charge on any atom is -0.330 e. The summed E-state index contributed by atoms with van der Waals surface area (Å²) >= 11 is 3.41. The van der Waals surface area contributed by atoms with Gasteiger partial charge in [-0.2, -0.15) is 0 Å². The molecule has 1 fully saturated rings. The first-order valence-electron chi connectivity index (χ1n) is 4.88. The Hall–Kier alpha value is -0.830. The fraction of sp³-hybridized carbons (Fsp3) is 0.364. The smallest absolute Gasteiger partial charge is 0.100 e. The van der Waals surface area contributed by atoms with Gasteiger partial charge in [0.2, 0.25) is 0 Å². The normalized spacial score (nSPS) is 17.2. The molecule has 74 valence electrons. The molecule has 1 aromatic rings. The summed E-state index contributed by atoms with van der Waals surface area (Å²) in [5.41, 5.74) is 1.14. The molecule has 14 heavy (non-hydrogen) atoms. The summed E-state index contributed by atoms with van der Waals surface area (Å²) in [6.45, 7) is 0.987. The molecule has 1 aliphatic heterocycles. The molecule has 1 aliphatic rings. The van der Waals surface area contributed by atoms with E-state index in [0.717, 1.165) is 35.4 Å². The summed E-state index contributed by atoms with van der Waals surface area (Å²) < 4.78 is 1.09. The molecule has 0 radical (unpaired) electrons. The van der Waals surface area contributed by atoms with E-state index in [2.05, 4.69) is 33.0 Å². The van der Waals surface area contributed by atoms with Crippen molar-refractivity contribution in [3.8, 4) is 0 Å². The number of hydrogen-bond donors (Lipinski definition) is 1. The van der Waals surface area contributed by atoms with Crippen molar-refractivity contribution in [3.63, 3.8) is 0 Å². The molecular weight excluding hydrogens is 240 g/mol. The van der Waals surface area contributed by atoms with Gasteiger partial charge in [0, 0.05) is 23.1 Å². The fourth-order valence-corrected chi connectivity index (χ4v) is 2.00. The van der Waals surface area contributed by atoms with Crippen LogP contribution < -0.4 is 4.90 Å². The summed E-state index contributed by atoms with van der Waals surface area (Å²) in [6, 6.07) is 8.17. The fourth-order valence-electron chi connectivity index (χ4n) is 1.74. The quantitative estimate of drug-likeness (QED) is 0.815. The van der Waals surface area contributed by atoms with Crippen molar-refractivity contribution in [1.29, 1.82) is 5.41 Å². The Morgan fingerprint density at radius 2 is 1.86 bits per heavy atom. The number of benzene rings is 1. The van der Waals surface area contributed by atoms with E-state index in [1.165, 1.54) is 6.42 Å². The number of amidine groups is 1. The number of piperidine rings is 1. The van der Waals surface area contributed by atoms with E-state index in [1.807, 2.05) is 12.1 Å². The maximum absolute atomic E-state index is 7.85. The second kappa shape index (κ2) is 4.13. The minimum atomic E-state index is 0.749. The van der Waals surface area contributed by atoms with E-state index in [9.17, 15) is 0 Å². The Morgan fingerprint density at radius 3 is 2.50 bits per heavy atom. The van der Waals surface area contributed by atoms with Crippen LogP contribution in [0.2, 0.25) is 0 Å². The lowest BCUT2D eigenvalue weighted by Crippen LogP contribution is -2.34. The maximum Gasteiger partial charge on any atom is 0.100 e. The van der Waals surface area contributed by atoms with Crippen LogP contribution in [-0.4, -0.2) is 12.4 Å². The van der Waals surface area contributed by atoms with Crippen LogP contribution in [0.15, 0.2) is 28.7 Å². The van der Waals surface area contributed by atoms with E-state index in [1.54, 1.807) is 0 Å². The number of nitrogens with zero attached hydrogens (tertiary/aromatic N) is 1. The van der Waals surface area contributed by atoms with Gasteiger partial charge in [-0.15, -0.1) is 0 Å². The van der Waals surface area contributed by atoms with Crippen LogP contribution in [0.1, 0.15) is 19.3 Å². The summed E-state index contributed by atoms with van der Waals surface area (Å²) in [7, 11) is 0. The van der Waals surface area contributed by atoms with Crippen LogP contribution in [-0.2, 0) is 0 Å². The topological polar surface area (TPSA) is 27.1 Å². The molecule has 3 heteroatoms. The Bertz CT molecular complexity index is 332. The number of anilines is 1. The second-order valence-corrected chi connectivity index (χ2v) is 4.45. The van der Waals surface area contributed by atoms with E-state index in [4.69, 9.17) is 5.41 Å². The molecule has 2 nitrogen and oxygen atoms in total. The SMILES string of the molecule is N=C1CCCCN1c1ccc(Br)cc1. The third-order valence-electron chi connectivity index (χ3n) is 2.51. The average Bonchev–Trinajstić information content (AvgIpc) is 2.20. The van der Waals surface area contributed by atoms with Crippen molar-refractivity contribution < 1.29 is 0 Å². The molecule has 0 bridgehead atoms. The van der Waals surface area contributed by atoms with E-state index in [0.29, 0.717) is 0 Å². The lowest BCUT2D eigenvalue weighted by atomic mass is 10.1. The number of rotatable bonds is 1. The van der Waals surface area contributed by atoms with Gasteiger partial charge >= 0.3 is 0 Å². The molecule has 0 atom stereocenters. The number of hydrogen-bond acceptors (Lipinski definition) is 1. The molecule has 0 spiro atoms. The van der Waals surface area contributed by atoms with Gasteiger partial charge in [-0.3, -0.25) is 5.41 Å². The Morgan fingerprint density at radius 1 is 1.14 bits per heavy atom. The molecular formula is C11H13BrN2. The van der Waals surface area contributed by atoms with E-state index >= 15 is 0 Å². The van der Waals surface area contributed by atoms with Gasteiger partial charge in [-0.25, -0.2) is 0 Å². The van der Waals surface area contributed by atoms with Crippen LogP contribution in [0, 0.1) is 5.41 Å². The van der Waals surface area contributed by atoms with E-state index in [-0.39, 0.29) is 0 Å². The largest absolute Gasteiger partial charge is 0.330 e. The standard InChI is InChI=1S/C11H13BrN2/c12-9-4-6-10(7-5-9)14-8-2-1-3-11(14)13/h4-7,13H,1-3,8H2. The minimum absolute atomic E-state index is 0.749. The van der Waals surface area contributed by atoms with Crippen molar-refractivity contribution in [2.45, 2.75) is 19.3 Å². The van der Waals surface area contributed by atoms with Crippen LogP contribution >= 0.6 is 15.9 Å². The summed E-state index contributed by atoms with van der Waals surface area (Å²) in [5, 5.41) is 7.85. The lowest BCUT2D eigenvalue weighted by Gasteiger charge is -2.29.